The van der Waals surface area contributed by atoms with E-state index in [9.17, 15) is 9.59 Å². The molecular formula is C19H18O4. The zero-order valence-electron chi connectivity index (χ0n) is 13.1. The van der Waals surface area contributed by atoms with E-state index in [-0.39, 0.29) is 17.5 Å². The lowest BCUT2D eigenvalue weighted by Gasteiger charge is -2.33. The number of rotatable bonds is 1. The fourth-order valence-corrected chi connectivity index (χ4v) is 4.09. The van der Waals surface area contributed by atoms with Crippen molar-refractivity contribution in [3.05, 3.63) is 57.0 Å². The Morgan fingerprint density at radius 2 is 2.09 bits per heavy atom. The van der Waals surface area contributed by atoms with E-state index in [1.807, 2.05) is 24.3 Å². The van der Waals surface area contributed by atoms with Crippen LogP contribution in [0.2, 0.25) is 0 Å². The van der Waals surface area contributed by atoms with Crippen LogP contribution in [0.5, 0.6) is 0 Å². The van der Waals surface area contributed by atoms with Crippen molar-refractivity contribution >= 4 is 16.9 Å². The second kappa shape index (κ2) is 5.37. The highest BCUT2D eigenvalue weighted by Gasteiger charge is 2.35. The molecule has 1 aromatic carbocycles. The highest BCUT2D eigenvalue weighted by atomic mass is 16.5. The van der Waals surface area contributed by atoms with Gasteiger partial charge in [-0.2, -0.15) is 0 Å². The largest absolute Gasteiger partial charge is 0.466 e. The lowest BCUT2D eigenvalue weighted by molar-refractivity contribution is -0.136. The van der Waals surface area contributed by atoms with Crippen molar-refractivity contribution < 1.29 is 13.9 Å². The first kappa shape index (κ1) is 14.2. The Kier molecular flexibility index (Phi) is 3.33. The predicted molar refractivity (Wildman–Crippen MR) is 86.4 cm³/mol. The molecule has 0 bridgehead atoms. The highest BCUT2D eigenvalue weighted by Crippen LogP contribution is 2.46. The number of esters is 1. The first-order valence-electron chi connectivity index (χ1n) is 8.05. The quantitative estimate of drug-likeness (QED) is 0.598. The zero-order chi connectivity index (χ0) is 16.0. The monoisotopic (exact) mass is 310 g/mol. The van der Waals surface area contributed by atoms with Crippen molar-refractivity contribution in [1.29, 1.82) is 0 Å². The zero-order valence-corrected chi connectivity index (χ0v) is 13.1. The second-order valence-corrected chi connectivity index (χ2v) is 6.25. The Hall–Kier alpha value is -2.36. The standard InChI is InChI=1S/C19H18O4/c1-22-18(20)14-10-15-17(12-7-3-2-6-11(12)14)13-8-4-5-9-16(13)23-19(15)21/h4-5,8-9,12H,2-3,6-7,10H2,1H3. The van der Waals surface area contributed by atoms with Gasteiger partial charge in [0.2, 0.25) is 0 Å². The summed E-state index contributed by atoms with van der Waals surface area (Å²) in [4.78, 5) is 24.7. The van der Waals surface area contributed by atoms with Gasteiger partial charge in [-0.25, -0.2) is 9.59 Å². The number of fused-ring (bicyclic) bond motifs is 5. The number of methoxy groups -OCH3 is 1. The van der Waals surface area contributed by atoms with Gasteiger partial charge in [0, 0.05) is 28.9 Å². The van der Waals surface area contributed by atoms with E-state index in [1.54, 1.807) is 0 Å². The molecule has 0 radical (unpaired) electrons. The van der Waals surface area contributed by atoms with Gasteiger partial charge in [0.1, 0.15) is 5.58 Å². The molecule has 0 spiro atoms. The maximum absolute atomic E-state index is 12.5. The van der Waals surface area contributed by atoms with Crippen LogP contribution in [0.4, 0.5) is 0 Å². The lowest BCUT2D eigenvalue weighted by atomic mass is 9.71. The molecule has 0 saturated heterocycles. The Bertz CT molecular complexity index is 888. The molecule has 0 N–H and O–H groups in total. The number of benzene rings is 1. The molecule has 4 rings (SSSR count). The van der Waals surface area contributed by atoms with Gasteiger partial charge in [-0.05, 0) is 30.9 Å². The van der Waals surface area contributed by atoms with E-state index in [4.69, 9.17) is 9.15 Å². The Labute approximate surface area is 133 Å². The van der Waals surface area contributed by atoms with Crippen LogP contribution in [0.3, 0.4) is 0 Å². The van der Waals surface area contributed by atoms with Gasteiger partial charge in [0.05, 0.1) is 7.11 Å². The Morgan fingerprint density at radius 1 is 1.26 bits per heavy atom. The molecule has 0 amide bonds. The summed E-state index contributed by atoms with van der Waals surface area (Å²) in [6, 6.07) is 7.67. The minimum absolute atomic E-state index is 0.135. The third-order valence-electron chi connectivity index (χ3n) is 5.08. The number of hydrogen-bond acceptors (Lipinski definition) is 4. The van der Waals surface area contributed by atoms with E-state index in [2.05, 4.69) is 0 Å². The first-order valence-corrected chi connectivity index (χ1v) is 8.05. The molecule has 118 valence electrons. The molecular weight excluding hydrogens is 292 g/mol. The van der Waals surface area contributed by atoms with Crippen LogP contribution in [-0.2, 0) is 16.0 Å². The molecule has 1 aromatic heterocycles. The molecule has 1 unspecified atom stereocenters. The van der Waals surface area contributed by atoms with Crippen molar-refractivity contribution in [2.24, 2.45) is 0 Å². The summed E-state index contributed by atoms with van der Waals surface area (Å²) in [7, 11) is 1.39. The average molecular weight is 310 g/mol. The van der Waals surface area contributed by atoms with Crippen LogP contribution in [0, 0.1) is 0 Å². The molecule has 4 heteroatoms. The topological polar surface area (TPSA) is 56.5 Å². The summed E-state index contributed by atoms with van der Waals surface area (Å²) in [5.74, 6) is -0.180. The molecule has 2 aliphatic rings. The SMILES string of the molecule is COC(=O)C1=C2CCCCC2c2c(c(=O)oc3ccccc23)C1. The van der Waals surface area contributed by atoms with Crippen LogP contribution in [0.25, 0.3) is 11.0 Å². The molecule has 2 aromatic rings. The summed E-state index contributed by atoms with van der Waals surface area (Å²) in [5, 5.41) is 0.996. The summed E-state index contributed by atoms with van der Waals surface area (Å²) >= 11 is 0. The van der Waals surface area contributed by atoms with Gasteiger partial charge in [-0.15, -0.1) is 0 Å². The van der Waals surface area contributed by atoms with Gasteiger partial charge in [-0.3, -0.25) is 0 Å². The van der Waals surface area contributed by atoms with E-state index >= 15 is 0 Å². The van der Waals surface area contributed by atoms with E-state index in [0.29, 0.717) is 23.1 Å². The fraction of sp³-hybridized carbons (Fsp3) is 0.368. The van der Waals surface area contributed by atoms with Crippen LogP contribution >= 0.6 is 0 Å². The Balaban J connectivity index is 2.01. The normalized spacial score (nSPS) is 20.1. The van der Waals surface area contributed by atoms with Crippen molar-refractivity contribution in [3.8, 4) is 0 Å². The molecule has 1 fully saturated rings. The predicted octanol–water partition coefficient (Wildman–Crippen LogP) is 3.48. The second-order valence-electron chi connectivity index (χ2n) is 6.25. The fourth-order valence-electron chi connectivity index (χ4n) is 4.09. The average Bonchev–Trinajstić information content (AvgIpc) is 2.60. The van der Waals surface area contributed by atoms with Crippen LogP contribution < -0.4 is 5.63 Å². The number of allylic oxidation sites excluding steroid dienone is 1. The molecule has 1 heterocycles. The van der Waals surface area contributed by atoms with E-state index in [1.165, 1.54) is 7.11 Å². The number of ether oxygens (including phenoxy) is 1. The molecule has 1 saturated carbocycles. The third kappa shape index (κ3) is 2.12. The van der Waals surface area contributed by atoms with Gasteiger partial charge < -0.3 is 9.15 Å². The van der Waals surface area contributed by atoms with Gasteiger partial charge in [-0.1, -0.05) is 30.2 Å². The van der Waals surface area contributed by atoms with Gasteiger partial charge >= 0.3 is 11.6 Å². The summed E-state index contributed by atoms with van der Waals surface area (Å²) in [6.07, 6.45) is 4.39. The molecule has 1 atom stereocenters. The van der Waals surface area contributed by atoms with Crippen molar-refractivity contribution in [2.75, 3.05) is 7.11 Å². The maximum atomic E-state index is 12.5. The molecule has 2 aliphatic carbocycles. The molecule has 23 heavy (non-hydrogen) atoms. The van der Waals surface area contributed by atoms with Crippen molar-refractivity contribution in [3.63, 3.8) is 0 Å². The van der Waals surface area contributed by atoms with Crippen LogP contribution in [-0.4, -0.2) is 13.1 Å². The van der Waals surface area contributed by atoms with Crippen molar-refractivity contribution in [2.45, 2.75) is 38.0 Å². The number of carbonyl (C=O) groups excluding carboxylic acids is 1. The first-order chi connectivity index (χ1) is 11.2. The van der Waals surface area contributed by atoms with Crippen LogP contribution in [0.15, 0.2) is 44.6 Å². The third-order valence-corrected chi connectivity index (χ3v) is 5.08. The molecule has 4 nitrogen and oxygen atoms in total. The minimum atomic E-state index is -0.329. The smallest absolute Gasteiger partial charge is 0.340 e. The number of carbonyl (C=O) groups is 1. The minimum Gasteiger partial charge on any atom is -0.466 e. The highest BCUT2D eigenvalue weighted by molar-refractivity contribution is 5.92. The lowest BCUT2D eigenvalue weighted by Crippen LogP contribution is -2.27. The summed E-state index contributed by atoms with van der Waals surface area (Å²) in [6.45, 7) is 0. The van der Waals surface area contributed by atoms with Gasteiger partial charge in [0.15, 0.2) is 0 Å². The van der Waals surface area contributed by atoms with Gasteiger partial charge in [0.25, 0.3) is 0 Å². The van der Waals surface area contributed by atoms with E-state index in [0.717, 1.165) is 42.2 Å². The summed E-state index contributed by atoms with van der Waals surface area (Å²) < 4.78 is 10.4. The maximum Gasteiger partial charge on any atom is 0.340 e. The summed E-state index contributed by atoms with van der Waals surface area (Å²) in [5.41, 5.74) is 3.81. The number of hydrogen-bond donors (Lipinski definition) is 0. The number of para-hydroxylation sites is 1. The Morgan fingerprint density at radius 3 is 2.91 bits per heavy atom. The molecule has 0 aliphatic heterocycles. The van der Waals surface area contributed by atoms with Crippen molar-refractivity contribution in [1.82, 2.24) is 0 Å². The van der Waals surface area contributed by atoms with E-state index < -0.39 is 0 Å². The van der Waals surface area contributed by atoms with Crippen LogP contribution in [0.1, 0.15) is 42.7 Å².